The first-order valence-electron chi connectivity index (χ1n) is 7.04. The first kappa shape index (κ1) is 15.0. The number of sulfonamides is 1. The number of rotatable bonds is 5. The van der Waals surface area contributed by atoms with Crippen LogP contribution in [0.2, 0.25) is 0 Å². The van der Waals surface area contributed by atoms with Gasteiger partial charge in [-0.2, -0.15) is 4.31 Å². The molecule has 1 aromatic heterocycles. The molecule has 0 amide bonds. The molecule has 0 aromatic carbocycles. The molecule has 0 bridgehead atoms. The summed E-state index contributed by atoms with van der Waals surface area (Å²) in [6.07, 6.45) is 4.54. The maximum absolute atomic E-state index is 12.5. The molecular formula is C13H19BrN2O2S2. The van der Waals surface area contributed by atoms with Crippen molar-refractivity contribution in [1.82, 2.24) is 9.62 Å². The van der Waals surface area contributed by atoms with Gasteiger partial charge in [0.2, 0.25) is 0 Å². The van der Waals surface area contributed by atoms with Crippen LogP contribution in [0.1, 0.15) is 25.7 Å². The summed E-state index contributed by atoms with van der Waals surface area (Å²) in [5.74, 6) is 0.875. The Morgan fingerprint density at radius 1 is 1.25 bits per heavy atom. The highest BCUT2D eigenvalue weighted by atomic mass is 79.9. The van der Waals surface area contributed by atoms with E-state index in [9.17, 15) is 8.42 Å². The summed E-state index contributed by atoms with van der Waals surface area (Å²) < 4.78 is 27.9. The number of hydrogen-bond donors (Lipinski definition) is 1. The Balaban J connectivity index is 1.56. The van der Waals surface area contributed by atoms with E-state index in [1.165, 1.54) is 24.2 Å². The Hall–Kier alpha value is 0.0500. The topological polar surface area (TPSA) is 49.4 Å². The molecule has 1 N–H and O–H groups in total. The minimum atomic E-state index is -3.29. The lowest BCUT2D eigenvalue weighted by molar-refractivity contribution is 0.288. The zero-order valence-electron chi connectivity index (χ0n) is 11.2. The molecule has 1 saturated heterocycles. The normalized spacial score (nSPS) is 22.2. The summed E-state index contributed by atoms with van der Waals surface area (Å²) in [6.45, 7) is 2.36. The highest BCUT2D eigenvalue weighted by molar-refractivity contribution is 9.11. The molecule has 0 unspecified atom stereocenters. The molecule has 1 aromatic rings. The number of halogens is 1. The number of piperidine rings is 1. The van der Waals surface area contributed by atoms with Gasteiger partial charge in [0.1, 0.15) is 4.21 Å². The predicted molar refractivity (Wildman–Crippen MR) is 84.5 cm³/mol. The van der Waals surface area contributed by atoms with Crippen LogP contribution in [0.3, 0.4) is 0 Å². The summed E-state index contributed by atoms with van der Waals surface area (Å²) in [5, 5.41) is 3.57. The molecule has 20 heavy (non-hydrogen) atoms. The van der Waals surface area contributed by atoms with Gasteiger partial charge in [0, 0.05) is 19.1 Å². The number of nitrogens with one attached hydrogen (secondary N) is 1. The van der Waals surface area contributed by atoms with Gasteiger partial charge in [0.15, 0.2) is 0 Å². The van der Waals surface area contributed by atoms with Gasteiger partial charge in [0.25, 0.3) is 10.0 Å². The smallest absolute Gasteiger partial charge is 0.252 e. The van der Waals surface area contributed by atoms with Gasteiger partial charge in [-0.25, -0.2) is 8.42 Å². The highest BCUT2D eigenvalue weighted by Crippen LogP contribution is 2.30. The van der Waals surface area contributed by atoms with E-state index in [0.29, 0.717) is 23.3 Å². The lowest BCUT2D eigenvalue weighted by atomic mass is 10.1. The Kier molecular flexibility index (Phi) is 4.52. The van der Waals surface area contributed by atoms with Crippen molar-refractivity contribution in [3.8, 4) is 0 Å². The SMILES string of the molecule is O=S(=O)(c1ccc(Br)s1)N1CCC(NCC2CC2)CC1. The van der Waals surface area contributed by atoms with Crippen molar-refractivity contribution in [3.05, 3.63) is 15.9 Å². The molecule has 2 aliphatic rings. The minimum Gasteiger partial charge on any atom is -0.314 e. The van der Waals surface area contributed by atoms with Gasteiger partial charge >= 0.3 is 0 Å². The van der Waals surface area contributed by atoms with Crippen LogP contribution in [0.15, 0.2) is 20.1 Å². The number of nitrogens with zero attached hydrogens (tertiary/aromatic N) is 1. The summed E-state index contributed by atoms with van der Waals surface area (Å²) >= 11 is 4.61. The van der Waals surface area contributed by atoms with Crippen molar-refractivity contribution >= 4 is 37.3 Å². The first-order chi connectivity index (χ1) is 9.55. The molecule has 4 nitrogen and oxygen atoms in total. The van der Waals surface area contributed by atoms with Crippen LogP contribution in [0.25, 0.3) is 0 Å². The Bertz CT molecular complexity index is 561. The van der Waals surface area contributed by atoms with Crippen LogP contribution < -0.4 is 5.32 Å². The van der Waals surface area contributed by atoms with Crippen molar-refractivity contribution in [1.29, 1.82) is 0 Å². The second kappa shape index (κ2) is 6.04. The summed E-state index contributed by atoms with van der Waals surface area (Å²) in [7, 11) is -3.29. The maximum Gasteiger partial charge on any atom is 0.252 e. The van der Waals surface area contributed by atoms with Crippen LogP contribution >= 0.6 is 27.3 Å². The van der Waals surface area contributed by atoms with Crippen LogP contribution in [-0.2, 0) is 10.0 Å². The van der Waals surface area contributed by atoms with E-state index in [2.05, 4.69) is 21.2 Å². The van der Waals surface area contributed by atoms with Gasteiger partial charge in [-0.1, -0.05) is 0 Å². The second-order valence-corrected chi connectivity index (χ2v) is 10.2. The largest absolute Gasteiger partial charge is 0.314 e. The van der Waals surface area contributed by atoms with Crippen LogP contribution in [0.5, 0.6) is 0 Å². The molecule has 2 heterocycles. The molecular weight excluding hydrogens is 360 g/mol. The van der Waals surface area contributed by atoms with Crippen LogP contribution in [0, 0.1) is 5.92 Å². The zero-order valence-corrected chi connectivity index (χ0v) is 14.4. The third-order valence-electron chi connectivity index (χ3n) is 3.99. The van der Waals surface area contributed by atoms with E-state index in [0.717, 1.165) is 29.1 Å². The second-order valence-electron chi connectivity index (χ2n) is 5.59. The monoisotopic (exact) mass is 378 g/mol. The van der Waals surface area contributed by atoms with Gasteiger partial charge in [-0.15, -0.1) is 11.3 Å². The van der Waals surface area contributed by atoms with Crippen molar-refractivity contribution < 1.29 is 8.42 Å². The standard InChI is InChI=1S/C13H19BrN2O2S2/c14-12-3-4-13(19-12)20(17,18)16-7-5-11(6-8-16)15-9-10-1-2-10/h3-4,10-11,15H,1-2,5-9H2. The number of hydrogen-bond acceptors (Lipinski definition) is 4. The molecule has 0 spiro atoms. The summed E-state index contributed by atoms with van der Waals surface area (Å²) in [5.41, 5.74) is 0. The summed E-state index contributed by atoms with van der Waals surface area (Å²) in [6, 6.07) is 3.96. The average Bonchev–Trinajstić information content (AvgIpc) is 3.17. The van der Waals surface area contributed by atoms with Crippen LogP contribution in [0.4, 0.5) is 0 Å². The Morgan fingerprint density at radius 2 is 1.95 bits per heavy atom. The molecule has 3 rings (SSSR count). The third-order valence-corrected chi connectivity index (χ3v) is 7.98. The van der Waals surface area contributed by atoms with E-state index < -0.39 is 10.0 Å². The van der Waals surface area contributed by atoms with E-state index in [1.54, 1.807) is 16.4 Å². The molecule has 7 heteroatoms. The van der Waals surface area contributed by atoms with Gasteiger partial charge < -0.3 is 5.32 Å². The summed E-state index contributed by atoms with van der Waals surface area (Å²) in [4.78, 5) is 0. The molecule has 1 saturated carbocycles. The van der Waals surface area contributed by atoms with Gasteiger partial charge in [-0.05, 0) is 66.2 Å². The molecule has 1 aliphatic carbocycles. The van der Waals surface area contributed by atoms with Crippen molar-refractivity contribution in [2.45, 2.75) is 35.9 Å². The highest BCUT2D eigenvalue weighted by Gasteiger charge is 2.31. The lowest BCUT2D eigenvalue weighted by Crippen LogP contribution is -2.45. The van der Waals surface area contributed by atoms with E-state index in [4.69, 9.17) is 0 Å². The molecule has 0 atom stereocenters. The maximum atomic E-state index is 12.5. The Morgan fingerprint density at radius 3 is 2.50 bits per heavy atom. The van der Waals surface area contributed by atoms with E-state index in [-0.39, 0.29) is 0 Å². The molecule has 2 fully saturated rings. The third kappa shape index (κ3) is 3.44. The first-order valence-corrected chi connectivity index (χ1v) is 10.1. The fraction of sp³-hybridized carbons (Fsp3) is 0.692. The molecule has 0 radical (unpaired) electrons. The Labute approximate surface area is 132 Å². The molecule has 112 valence electrons. The van der Waals surface area contributed by atoms with Crippen molar-refractivity contribution in [3.63, 3.8) is 0 Å². The van der Waals surface area contributed by atoms with E-state index in [1.807, 2.05) is 0 Å². The fourth-order valence-electron chi connectivity index (χ4n) is 2.52. The minimum absolute atomic E-state index is 0.439. The van der Waals surface area contributed by atoms with Gasteiger partial charge in [-0.3, -0.25) is 0 Å². The zero-order chi connectivity index (χ0) is 14.2. The number of thiophene rings is 1. The lowest BCUT2D eigenvalue weighted by Gasteiger charge is -2.31. The van der Waals surface area contributed by atoms with Crippen molar-refractivity contribution in [2.24, 2.45) is 5.92 Å². The predicted octanol–water partition coefficient (Wildman–Crippen LogP) is 2.66. The van der Waals surface area contributed by atoms with Crippen LogP contribution in [-0.4, -0.2) is 38.4 Å². The quantitative estimate of drug-likeness (QED) is 0.856. The van der Waals surface area contributed by atoms with Crippen molar-refractivity contribution in [2.75, 3.05) is 19.6 Å². The fourth-order valence-corrected chi connectivity index (χ4v) is 6.15. The molecule has 1 aliphatic heterocycles. The van der Waals surface area contributed by atoms with Gasteiger partial charge in [0.05, 0.1) is 3.79 Å². The van der Waals surface area contributed by atoms with E-state index >= 15 is 0 Å². The average molecular weight is 379 g/mol.